The Bertz CT molecular complexity index is 620. The van der Waals surface area contributed by atoms with Crippen molar-refractivity contribution in [3.63, 3.8) is 0 Å². The molecule has 0 bridgehead atoms. The van der Waals surface area contributed by atoms with Gasteiger partial charge in [-0.05, 0) is 6.07 Å². The molecule has 0 aliphatic carbocycles. The molecular formula is C13H12N2O2S. The molecule has 0 N–H and O–H groups in total. The van der Waals surface area contributed by atoms with Crippen molar-refractivity contribution in [2.45, 2.75) is 7.43 Å². The molecule has 0 spiro atoms. The summed E-state index contributed by atoms with van der Waals surface area (Å²) in [6.07, 6.45) is 1.84. The highest BCUT2D eigenvalue weighted by molar-refractivity contribution is 7.12. The molecule has 0 fully saturated rings. The molecule has 2 aromatic rings. The van der Waals surface area contributed by atoms with E-state index in [2.05, 4.69) is 9.98 Å². The predicted molar refractivity (Wildman–Crippen MR) is 71.6 cm³/mol. The molecule has 4 rings (SSSR count). The minimum absolute atomic E-state index is 0. The molecule has 1 aromatic carbocycles. The average molecular weight is 260 g/mol. The van der Waals surface area contributed by atoms with Gasteiger partial charge in [0.2, 0.25) is 0 Å². The number of hydrogen-bond donors (Lipinski definition) is 0. The number of aromatic nitrogens is 1. The van der Waals surface area contributed by atoms with Gasteiger partial charge in [-0.15, -0.1) is 11.3 Å². The van der Waals surface area contributed by atoms with Gasteiger partial charge in [-0.2, -0.15) is 0 Å². The first-order chi connectivity index (χ1) is 8.42. The van der Waals surface area contributed by atoms with Crippen molar-refractivity contribution >= 4 is 22.7 Å². The second-order valence-electron chi connectivity index (χ2n) is 3.84. The van der Waals surface area contributed by atoms with E-state index in [9.17, 15) is 0 Å². The Balaban J connectivity index is 0.000001000. The molecule has 0 radical (unpaired) electrons. The summed E-state index contributed by atoms with van der Waals surface area (Å²) in [5.74, 6) is 1.61. The number of benzene rings is 1. The van der Waals surface area contributed by atoms with Gasteiger partial charge in [-0.3, -0.25) is 4.98 Å². The summed E-state index contributed by atoms with van der Waals surface area (Å²) < 4.78 is 11.1. The predicted octanol–water partition coefficient (Wildman–Crippen LogP) is 3.03. The van der Waals surface area contributed by atoms with Crippen molar-refractivity contribution in [3.05, 3.63) is 34.3 Å². The zero-order valence-electron chi connectivity index (χ0n) is 8.84. The first kappa shape index (κ1) is 11.2. The molecule has 0 unspecified atom stereocenters. The van der Waals surface area contributed by atoms with Crippen LogP contribution in [0.3, 0.4) is 0 Å². The molecule has 0 amide bonds. The second-order valence-corrected chi connectivity index (χ2v) is 4.73. The normalized spacial score (nSPS) is 15.0. The molecule has 2 aliphatic heterocycles. The van der Waals surface area contributed by atoms with Crippen LogP contribution in [-0.2, 0) is 0 Å². The van der Waals surface area contributed by atoms with E-state index < -0.39 is 0 Å². The van der Waals surface area contributed by atoms with E-state index in [0.717, 1.165) is 33.3 Å². The molecule has 92 valence electrons. The van der Waals surface area contributed by atoms with E-state index in [-0.39, 0.29) is 7.43 Å². The lowest BCUT2D eigenvalue weighted by atomic mass is 10.00. The van der Waals surface area contributed by atoms with E-state index >= 15 is 0 Å². The maximum absolute atomic E-state index is 5.57. The highest BCUT2D eigenvalue weighted by Crippen LogP contribution is 2.42. The molecule has 0 saturated carbocycles. The Kier molecular flexibility index (Phi) is 2.56. The van der Waals surface area contributed by atoms with Gasteiger partial charge < -0.3 is 9.47 Å². The SMILES string of the molecule is C.c1ncc(C2=Nc3cc4c(cc32)OCCO4)s1. The van der Waals surface area contributed by atoms with Gasteiger partial charge >= 0.3 is 0 Å². The van der Waals surface area contributed by atoms with Crippen LogP contribution in [0.2, 0.25) is 0 Å². The van der Waals surface area contributed by atoms with Gasteiger partial charge in [-0.1, -0.05) is 7.43 Å². The van der Waals surface area contributed by atoms with Crippen molar-refractivity contribution in [2.24, 2.45) is 4.99 Å². The summed E-state index contributed by atoms with van der Waals surface area (Å²) in [6.45, 7) is 1.22. The second kappa shape index (κ2) is 4.10. The third-order valence-corrected chi connectivity index (χ3v) is 3.59. The molecule has 0 saturated heterocycles. The van der Waals surface area contributed by atoms with Crippen LogP contribution in [0.5, 0.6) is 11.5 Å². The van der Waals surface area contributed by atoms with Crippen molar-refractivity contribution in [1.29, 1.82) is 0 Å². The van der Waals surface area contributed by atoms with E-state index in [0.29, 0.717) is 13.2 Å². The van der Waals surface area contributed by atoms with Gasteiger partial charge in [0.25, 0.3) is 0 Å². The Hall–Kier alpha value is -1.88. The number of ether oxygens (including phenoxy) is 2. The zero-order valence-corrected chi connectivity index (χ0v) is 9.66. The monoisotopic (exact) mass is 260 g/mol. The summed E-state index contributed by atoms with van der Waals surface area (Å²) in [4.78, 5) is 9.65. The van der Waals surface area contributed by atoms with Crippen LogP contribution in [-0.4, -0.2) is 23.9 Å². The van der Waals surface area contributed by atoms with Crippen molar-refractivity contribution in [2.75, 3.05) is 13.2 Å². The number of aliphatic imine (C=N–C) groups is 1. The third kappa shape index (κ3) is 1.51. The van der Waals surface area contributed by atoms with E-state index in [4.69, 9.17) is 9.47 Å². The Labute approximate surface area is 109 Å². The van der Waals surface area contributed by atoms with Crippen LogP contribution in [0, 0.1) is 0 Å². The molecule has 3 heterocycles. The Morgan fingerprint density at radius 3 is 2.61 bits per heavy atom. The number of rotatable bonds is 1. The third-order valence-electron chi connectivity index (χ3n) is 2.81. The Morgan fingerprint density at radius 1 is 1.11 bits per heavy atom. The lowest BCUT2D eigenvalue weighted by Crippen LogP contribution is -2.17. The fraction of sp³-hybridized carbons (Fsp3) is 0.231. The molecule has 5 heteroatoms. The van der Waals surface area contributed by atoms with Gasteiger partial charge in [-0.25, -0.2) is 4.99 Å². The maximum Gasteiger partial charge on any atom is 0.163 e. The number of hydrogen-bond acceptors (Lipinski definition) is 5. The summed E-state index contributed by atoms with van der Waals surface area (Å²) in [6, 6.07) is 3.94. The molecular weight excluding hydrogens is 248 g/mol. The highest BCUT2D eigenvalue weighted by atomic mass is 32.1. The lowest BCUT2D eigenvalue weighted by Gasteiger charge is -2.24. The molecule has 1 aromatic heterocycles. The summed E-state index contributed by atoms with van der Waals surface area (Å²) in [5, 5.41) is 0. The van der Waals surface area contributed by atoms with E-state index in [1.807, 2.05) is 23.8 Å². The largest absolute Gasteiger partial charge is 0.486 e. The van der Waals surface area contributed by atoms with Crippen LogP contribution < -0.4 is 9.47 Å². The van der Waals surface area contributed by atoms with Gasteiger partial charge in [0.05, 0.1) is 21.8 Å². The van der Waals surface area contributed by atoms with Crippen LogP contribution in [0.1, 0.15) is 17.9 Å². The van der Waals surface area contributed by atoms with Crippen LogP contribution in [0.15, 0.2) is 28.8 Å². The van der Waals surface area contributed by atoms with Crippen molar-refractivity contribution in [1.82, 2.24) is 4.98 Å². The molecule has 2 aliphatic rings. The number of fused-ring (bicyclic) bond motifs is 2. The first-order valence-corrected chi connectivity index (χ1v) is 6.21. The Morgan fingerprint density at radius 2 is 1.89 bits per heavy atom. The van der Waals surface area contributed by atoms with E-state index in [1.54, 1.807) is 11.3 Å². The smallest absolute Gasteiger partial charge is 0.163 e. The first-order valence-electron chi connectivity index (χ1n) is 5.33. The minimum Gasteiger partial charge on any atom is -0.486 e. The van der Waals surface area contributed by atoms with Gasteiger partial charge in [0, 0.05) is 17.8 Å². The number of nitrogens with zero attached hydrogens (tertiary/aromatic N) is 2. The molecule has 4 nitrogen and oxygen atoms in total. The van der Waals surface area contributed by atoms with Crippen LogP contribution in [0.25, 0.3) is 0 Å². The van der Waals surface area contributed by atoms with Crippen LogP contribution in [0.4, 0.5) is 5.69 Å². The zero-order chi connectivity index (χ0) is 11.2. The summed E-state index contributed by atoms with van der Waals surface area (Å²) in [7, 11) is 0. The topological polar surface area (TPSA) is 43.7 Å². The minimum atomic E-state index is 0. The number of thiazole rings is 1. The van der Waals surface area contributed by atoms with Crippen LogP contribution >= 0.6 is 11.3 Å². The van der Waals surface area contributed by atoms with Gasteiger partial charge in [0.1, 0.15) is 13.2 Å². The van der Waals surface area contributed by atoms with E-state index in [1.165, 1.54) is 0 Å². The molecule has 18 heavy (non-hydrogen) atoms. The lowest BCUT2D eigenvalue weighted by molar-refractivity contribution is 0.171. The molecule has 0 atom stereocenters. The average Bonchev–Trinajstić information content (AvgIpc) is 2.85. The fourth-order valence-electron chi connectivity index (χ4n) is 2.01. The fourth-order valence-corrected chi connectivity index (χ4v) is 2.63. The van der Waals surface area contributed by atoms with Crippen molar-refractivity contribution in [3.8, 4) is 11.5 Å². The highest BCUT2D eigenvalue weighted by Gasteiger charge is 2.25. The van der Waals surface area contributed by atoms with Gasteiger partial charge in [0.15, 0.2) is 11.5 Å². The summed E-state index contributed by atoms with van der Waals surface area (Å²) in [5.41, 5.74) is 4.91. The standard InChI is InChI=1S/C12H8N2O2S.CH4/c1-2-16-10-4-8-7(3-9(10)15-1)12(14-8)11-5-13-6-17-11;/h3-6H,1-2H2;1H4. The maximum atomic E-state index is 5.57. The van der Waals surface area contributed by atoms with Crippen molar-refractivity contribution < 1.29 is 9.47 Å². The summed E-state index contributed by atoms with van der Waals surface area (Å²) >= 11 is 1.59. The quantitative estimate of drug-likeness (QED) is 0.675.